The van der Waals surface area contributed by atoms with E-state index in [2.05, 4.69) is 34.1 Å². The average molecular weight is 389 g/mol. The van der Waals surface area contributed by atoms with Crippen LogP contribution in [-0.4, -0.2) is 31.1 Å². The van der Waals surface area contributed by atoms with E-state index in [1.54, 1.807) is 11.3 Å². The molecule has 2 N–H and O–H groups in total. The van der Waals surface area contributed by atoms with Gasteiger partial charge in [0.25, 0.3) is 0 Å². The third-order valence-electron chi connectivity index (χ3n) is 5.27. The average Bonchev–Trinajstić information content (AvgIpc) is 3.26. The molecule has 3 aromatic heterocycles. The Morgan fingerprint density at radius 1 is 1.31 bits per heavy atom. The third kappa shape index (κ3) is 3.75. The highest BCUT2D eigenvalue weighted by Gasteiger charge is 2.31. The normalized spacial score (nSPS) is 23.4. The van der Waals surface area contributed by atoms with E-state index in [4.69, 9.17) is 9.97 Å². The van der Waals surface area contributed by atoms with Crippen molar-refractivity contribution in [1.82, 2.24) is 14.3 Å². The first-order chi connectivity index (χ1) is 12.5. The molecule has 1 fully saturated rings. The second-order valence-electron chi connectivity index (χ2n) is 7.23. The van der Waals surface area contributed by atoms with Gasteiger partial charge in [-0.1, -0.05) is 6.92 Å². The summed E-state index contributed by atoms with van der Waals surface area (Å²) >= 11 is 3.20. The summed E-state index contributed by atoms with van der Waals surface area (Å²) in [7, 11) is 0. The van der Waals surface area contributed by atoms with Crippen LogP contribution in [0.5, 0.6) is 0 Å². The van der Waals surface area contributed by atoms with E-state index in [1.807, 2.05) is 6.92 Å². The number of rotatable bonds is 5. The summed E-state index contributed by atoms with van der Waals surface area (Å²) in [5.41, 5.74) is 1.58. The number of thiophene rings is 1. The number of nitrogens with one attached hydrogen (secondary N) is 1. The Morgan fingerprint density at radius 3 is 2.81 bits per heavy atom. The van der Waals surface area contributed by atoms with E-state index in [-0.39, 0.29) is 0 Å². The fraction of sp³-hybridized carbons (Fsp3) is 0.526. The van der Waals surface area contributed by atoms with Crippen molar-refractivity contribution in [2.24, 2.45) is 0 Å². The monoisotopic (exact) mass is 388 g/mol. The highest BCUT2D eigenvalue weighted by Crippen LogP contribution is 2.34. The summed E-state index contributed by atoms with van der Waals surface area (Å²) in [4.78, 5) is 10.7. The van der Waals surface area contributed by atoms with Crippen molar-refractivity contribution >= 4 is 38.9 Å². The summed E-state index contributed by atoms with van der Waals surface area (Å²) in [5.74, 6) is 1.77. The summed E-state index contributed by atoms with van der Waals surface area (Å²) in [5, 5.41) is 16.2. The van der Waals surface area contributed by atoms with E-state index in [9.17, 15) is 5.11 Å². The van der Waals surface area contributed by atoms with Gasteiger partial charge in [-0.2, -0.15) is 4.37 Å². The molecular formula is C19H24N4OS2. The minimum absolute atomic E-state index is 0.362. The van der Waals surface area contributed by atoms with Gasteiger partial charge >= 0.3 is 0 Å². The van der Waals surface area contributed by atoms with E-state index < -0.39 is 5.60 Å². The summed E-state index contributed by atoms with van der Waals surface area (Å²) in [6.07, 6.45) is 5.21. The lowest BCUT2D eigenvalue weighted by molar-refractivity contribution is -0.00194. The number of aliphatic hydroxyl groups is 1. The van der Waals surface area contributed by atoms with Gasteiger partial charge in [0.1, 0.15) is 11.6 Å². The summed E-state index contributed by atoms with van der Waals surface area (Å²) < 4.78 is 5.47. The number of nitrogens with zero attached hydrogens (tertiary/aromatic N) is 3. The van der Waals surface area contributed by atoms with E-state index >= 15 is 0 Å². The molecule has 0 amide bonds. The van der Waals surface area contributed by atoms with E-state index in [0.717, 1.165) is 59.7 Å². The Bertz CT molecular complexity index is 896. The molecule has 0 bridgehead atoms. The zero-order valence-electron chi connectivity index (χ0n) is 15.2. The maximum absolute atomic E-state index is 10.5. The molecule has 0 unspecified atom stereocenters. The molecule has 0 aliphatic heterocycles. The van der Waals surface area contributed by atoms with Crippen LogP contribution in [0.4, 0.5) is 5.82 Å². The molecule has 138 valence electrons. The van der Waals surface area contributed by atoms with Crippen molar-refractivity contribution < 1.29 is 5.11 Å². The van der Waals surface area contributed by atoms with Crippen LogP contribution in [0, 0.1) is 6.92 Å². The quantitative estimate of drug-likeness (QED) is 0.671. The Hall–Kier alpha value is -1.57. The van der Waals surface area contributed by atoms with Gasteiger partial charge in [0, 0.05) is 17.3 Å². The molecule has 3 aromatic rings. The molecule has 0 saturated heterocycles. The lowest BCUT2D eigenvalue weighted by Gasteiger charge is -2.35. The Balaban J connectivity index is 1.55. The molecule has 0 atom stereocenters. The van der Waals surface area contributed by atoms with E-state index in [0.29, 0.717) is 12.5 Å². The number of aromatic nitrogens is 3. The van der Waals surface area contributed by atoms with Crippen molar-refractivity contribution in [3.8, 4) is 0 Å². The van der Waals surface area contributed by atoms with Crippen molar-refractivity contribution in [2.45, 2.75) is 64.0 Å². The largest absolute Gasteiger partial charge is 0.390 e. The van der Waals surface area contributed by atoms with Crippen LogP contribution in [0.2, 0.25) is 0 Å². The fourth-order valence-corrected chi connectivity index (χ4v) is 5.10. The third-order valence-corrected chi connectivity index (χ3v) is 7.06. The molecule has 5 nitrogen and oxygen atoms in total. The Kier molecular flexibility index (Phi) is 4.94. The number of aryl methyl sites for hydroxylation is 1. The van der Waals surface area contributed by atoms with Gasteiger partial charge in [-0.15, -0.1) is 11.3 Å². The van der Waals surface area contributed by atoms with Crippen LogP contribution < -0.4 is 5.32 Å². The van der Waals surface area contributed by atoms with E-state index in [1.165, 1.54) is 16.4 Å². The number of hydrogen-bond acceptors (Lipinski definition) is 7. The molecule has 0 aromatic carbocycles. The first kappa shape index (κ1) is 17.8. The zero-order chi connectivity index (χ0) is 18.1. The predicted molar refractivity (Wildman–Crippen MR) is 108 cm³/mol. The molecular weight excluding hydrogens is 364 g/mol. The number of fused-ring (bicyclic) bond motifs is 1. The molecule has 7 heteroatoms. The standard InChI is InChI=1S/C19H24N4OS2/c1-3-19(24)7-4-13(5-8-19)20-18-17-15(6-9-25-17)21-16(22-18)11-14-10-12(2)23-26-14/h6,9-10,13,24H,3-5,7-8,11H2,1-2H3,(H,20,21,22). The second kappa shape index (κ2) is 7.21. The fourth-order valence-electron chi connectivity index (χ4n) is 3.59. The van der Waals surface area contributed by atoms with Crippen LogP contribution in [-0.2, 0) is 6.42 Å². The Labute approximate surface area is 161 Å². The van der Waals surface area contributed by atoms with Gasteiger partial charge in [0.15, 0.2) is 0 Å². The van der Waals surface area contributed by atoms with Crippen LogP contribution in [0.3, 0.4) is 0 Å². The molecule has 1 saturated carbocycles. The van der Waals surface area contributed by atoms with Crippen molar-refractivity contribution in [3.63, 3.8) is 0 Å². The van der Waals surface area contributed by atoms with Crippen LogP contribution in [0.15, 0.2) is 17.5 Å². The summed E-state index contributed by atoms with van der Waals surface area (Å²) in [6.45, 7) is 4.08. The smallest absolute Gasteiger partial charge is 0.148 e. The lowest BCUT2D eigenvalue weighted by Crippen LogP contribution is -2.37. The molecule has 0 spiro atoms. The van der Waals surface area contributed by atoms with Crippen LogP contribution >= 0.6 is 22.9 Å². The van der Waals surface area contributed by atoms with Crippen molar-refractivity contribution in [1.29, 1.82) is 0 Å². The SMILES string of the molecule is CCC1(O)CCC(Nc2nc(Cc3cc(C)ns3)nc3ccsc23)CC1. The molecule has 3 heterocycles. The topological polar surface area (TPSA) is 70.9 Å². The maximum Gasteiger partial charge on any atom is 0.148 e. The van der Waals surface area contributed by atoms with Crippen LogP contribution in [0.25, 0.3) is 10.2 Å². The van der Waals surface area contributed by atoms with Gasteiger partial charge in [0.2, 0.25) is 0 Å². The highest BCUT2D eigenvalue weighted by molar-refractivity contribution is 7.17. The highest BCUT2D eigenvalue weighted by atomic mass is 32.1. The van der Waals surface area contributed by atoms with Gasteiger partial charge in [-0.25, -0.2) is 9.97 Å². The van der Waals surface area contributed by atoms with Crippen molar-refractivity contribution in [3.05, 3.63) is 33.9 Å². The molecule has 0 radical (unpaired) electrons. The maximum atomic E-state index is 10.5. The lowest BCUT2D eigenvalue weighted by atomic mass is 9.80. The molecule has 1 aliphatic rings. The number of anilines is 1. The number of hydrogen-bond donors (Lipinski definition) is 2. The molecule has 26 heavy (non-hydrogen) atoms. The van der Waals surface area contributed by atoms with Crippen LogP contribution in [0.1, 0.15) is 55.4 Å². The molecule has 1 aliphatic carbocycles. The Morgan fingerprint density at radius 2 is 2.12 bits per heavy atom. The second-order valence-corrected chi connectivity index (χ2v) is 9.04. The first-order valence-corrected chi connectivity index (χ1v) is 10.9. The van der Waals surface area contributed by atoms with Crippen molar-refractivity contribution in [2.75, 3.05) is 5.32 Å². The van der Waals surface area contributed by atoms with Gasteiger partial charge in [0.05, 0.1) is 21.5 Å². The van der Waals surface area contributed by atoms with Gasteiger partial charge in [-0.3, -0.25) is 0 Å². The predicted octanol–water partition coefficient (Wildman–Crippen LogP) is 4.54. The first-order valence-electron chi connectivity index (χ1n) is 9.20. The molecule has 4 rings (SSSR count). The minimum atomic E-state index is -0.475. The zero-order valence-corrected chi connectivity index (χ0v) is 16.8. The summed E-state index contributed by atoms with van der Waals surface area (Å²) in [6, 6.07) is 4.52. The minimum Gasteiger partial charge on any atom is -0.390 e. The van der Waals surface area contributed by atoms with Gasteiger partial charge < -0.3 is 10.4 Å². The van der Waals surface area contributed by atoms with Gasteiger partial charge in [-0.05, 0) is 68.1 Å².